The minimum atomic E-state index is -0.598. The first-order chi connectivity index (χ1) is 10.1. The molecule has 0 amide bonds. The van der Waals surface area contributed by atoms with Crippen LogP contribution in [0.2, 0.25) is 0 Å². The Morgan fingerprint density at radius 3 is 2.67 bits per heavy atom. The van der Waals surface area contributed by atoms with Gasteiger partial charge in [0, 0.05) is 10.6 Å². The van der Waals surface area contributed by atoms with E-state index in [1.54, 1.807) is 6.07 Å². The number of rotatable bonds is 7. The monoisotopic (exact) mass is 307 g/mol. The van der Waals surface area contributed by atoms with Gasteiger partial charge < -0.3 is 15.6 Å². The second-order valence-electron chi connectivity index (χ2n) is 4.65. The summed E-state index contributed by atoms with van der Waals surface area (Å²) in [5, 5.41) is 9.85. The summed E-state index contributed by atoms with van der Waals surface area (Å²) in [4.78, 5) is 0.740. The number of hydrogen-bond donors (Lipinski definition) is 2. The van der Waals surface area contributed by atoms with Gasteiger partial charge in [-0.05, 0) is 23.8 Å². The lowest BCUT2D eigenvalue weighted by atomic mass is 10.2. The Hall–Kier alpha value is -1.56. The molecule has 0 aromatic heterocycles. The van der Waals surface area contributed by atoms with Gasteiger partial charge in [-0.1, -0.05) is 30.3 Å². The molecule has 2 aromatic rings. The van der Waals surface area contributed by atoms with Crippen molar-refractivity contribution in [2.24, 2.45) is 0 Å². The van der Waals surface area contributed by atoms with Crippen LogP contribution in [0.25, 0.3) is 0 Å². The van der Waals surface area contributed by atoms with Gasteiger partial charge in [-0.25, -0.2) is 4.39 Å². The number of thioether (sulfide) groups is 1. The van der Waals surface area contributed by atoms with Gasteiger partial charge in [-0.15, -0.1) is 11.8 Å². The second kappa shape index (κ2) is 8.02. The van der Waals surface area contributed by atoms with Gasteiger partial charge in [0.25, 0.3) is 0 Å². The first kappa shape index (κ1) is 15.8. The van der Waals surface area contributed by atoms with E-state index in [9.17, 15) is 9.50 Å². The maximum absolute atomic E-state index is 13.3. The van der Waals surface area contributed by atoms with E-state index in [2.05, 4.69) is 0 Å². The third-order valence-corrected chi connectivity index (χ3v) is 3.97. The number of aliphatic hydroxyl groups excluding tert-OH is 1. The summed E-state index contributed by atoms with van der Waals surface area (Å²) >= 11 is 1.37. The number of nitrogen functional groups attached to an aromatic ring is 1. The Labute approximate surface area is 127 Å². The van der Waals surface area contributed by atoms with Gasteiger partial charge in [0.05, 0.1) is 25.0 Å². The van der Waals surface area contributed by atoms with Gasteiger partial charge in [-0.3, -0.25) is 0 Å². The van der Waals surface area contributed by atoms with Crippen molar-refractivity contribution < 1.29 is 14.2 Å². The zero-order chi connectivity index (χ0) is 15.1. The first-order valence-electron chi connectivity index (χ1n) is 6.62. The van der Waals surface area contributed by atoms with Crippen molar-refractivity contribution in [1.29, 1.82) is 0 Å². The molecule has 1 unspecified atom stereocenters. The van der Waals surface area contributed by atoms with Crippen molar-refractivity contribution in [2.75, 3.05) is 18.1 Å². The number of ether oxygens (including phenoxy) is 1. The molecule has 0 aliphatic carbocycles. The van der Waals surface area contributed by atoms with E-state index in [0.717, 1.165) is 10.5 Å². The molecule has 0 heterocycles. The molecule has 2 rings (SSSR count). The molecule has 0 saturated carbocycles. The van der Waals surface area contributed by atoms with Crippen LogP contribution in [0.15, 0.2) is 53.4 Å². The number of benzene rings is 2. The zero-order valence-corrected chi connectivity index (χ0v) is 12.4. The highest BCUT2D eigenvalue weighted by molar-refractivity contribution is 7.99. The average molecular weight is 307 g/mol. The molecule has 0 aliphatic heterocycles. The van der Waals surface area contributed by atoms with Crippen molar-refractivity contribution >= 4 is 17.4 Å². The molecule has 3 N–H and O–H groups in total. The Morgan fingerprint density at radius 1 is 1.19 bits per heavy atom. The van der Waals surface area contributed by atoms with E-state index in [0.29, 0.717) is 12.4 Å². The molecule has 21 heavy (non-hydrogen) atoms. The lowest BCUT2D eigenvalue weighted by Gasteiger charge is -2.11. The third kappa shape index (κ3) is 5.38. The molecular weight excluding hydrogens is 289 g/mol. The Balaban J connectivity index is 1.69. The highest BCUT2D eigenvalue weighted by Crippen LogP contribution is 2.22. The maximum Gasteiger partial charge on any atom is 0.147 e. The Bertz CT molecular complexity index is 565. The lowest BCUT2D eigenvalue weighted by Crippen LogP contribution is -2.17. The predicted molar refractivity (Wildman–Crippen MR) is 83.6 cm³/mol. The standard InChI is InChI=1S/C16H18FNO2S/c17-15-8-14(6-7-16(15)18)21-11-13(19)10-20-9-12-4-2-1-3-5-12/h1-8,13,19H,9-11,18H2. The molecule has 112 valence electrons. The lowest BCUT2D eigenvalue weighted by molar-refractivity contribution is 0.0398. The van der Waals surface area contributed by atoms with Crippen LogP contribution in [0, 0.1) is 5.82 Å². The molecule has 0 fully saturated rings. The van der Waals surface area contributed by atoms with Gasteiger partial charge in [-0.2, -0.15) is 0 Å². The molecular formula is C16H18FNO2S. The smallest absolute Gasteiger partial charge is 0.147 e. The fourth-order valence-electron chi connectivity index (χ4n) is 1.73. The fraction of sp³-hybridized carbons (Fsp3) is 0.250. The summed E-state index contributed by atoms with van der Waals surface area (Å²) in [6, 6.07) is 14.4. The molecule has 0 bridgehead atoms. The highest BCUT2D eigenvalue weighted by Gasteiger charge is 2.07. The zero-order valence-electron chi connectivity index (χ0n) is 11.5. The van der Waals surface area contributed by atoms with Crippen LogP contribution in [0.3, 0.4) is 0 Å². The normalized spacial score (nSPS) is 12.3. The molecule has 0 radical (unpaired) electrons. The first-order valence-corrected chi connectivity index (χ1v) is 7.61. The number of hydrogen-bond acceptors (Lipinski definition) is 4. The SMILES string of the molecule is Nc1ccc(SCC(O)COCc2ccccc2)cc1F. The molecule has 1 atom stereocenters. The minimum Gasteiger partial charge on any atom is -0.396 e. The van der Waals surface area contributed by atoms with Crippen molar-refractivity contribution in [3.8, 4) is 0 Å². The van der Waals surface area contributed by atoms with Crippen LogP contribution in [0.4, 0.5) is 10.1 Å². The number of halogens is 1. The highest BCUT2D eigenvalue weighted by atomic mass is 32.2. The van der Waals surface area contributed by atoms with Crippen LogP contribution in [0.5, 0.6) is 0 Å². The average Bonchev–Trinajstić information content (AvgIpc) is 2.49. The molecule has 2 aromatic carbocycles. The van der Waals surface area contributed by atoms with E-state index in [1.165, 1.54) is 23.9 Å². The van der Waals surface area contributed by atoms with Gasteiger partial charge in [0.15, 0.2) is 0 Å². The van der Waals surface area contributed by atoms with Crippen molar-refractivity contribution in [3.05, 3.63) is 59.9 Å². The van der Waals surface area contributed by atoms with Crippen LogP contribution in [-0.4, -0.2) is 23.6 Å². The predicted octanol–water partition coefficient (Wildman–Crippen LogP) is 3.08. The Morgan fingerprint density at radius 2 is 1.95 bits per heavy atom. The summed E-state index contributed by atoms with van der Waals surface area (Å²) in [6.07, 6.45) is -0.598. The maximum atomic E-state index is 13.3. The van der Waals surface area contributed by atoms with E-state index < -0.39 is 11.9 Å². The largest absolute Gasteiger partial charge is 0.396 e. The molecule has 5 heteroatoms. The summed E-state index contributed by atoms with van der Waals surface area (Å²) in [5.41, 5.74) is 6.61. The minimum absolute atomic E-state index is 0.131. The van der Waals surface area contributed by atoms with Crippen LogP contribution >= 0.6 is 11.8 Å². The second-order valence-corrected chi connectivity index (χ2v) is 5.74. The van der Waals surface area contributed by atoms with Gasteiger partial charge in [0.1, 0.15) is 5.82 Å². The summed E-state index contributed by atoms with van der Waals surface area (Å²) in [5.74, 6) is 0.00725. The molecule has 0 aliphatic rings. The number of nitrogens with two attached hydrogens (primary N) is 1. The van der Waals surface area contributed by atoms with Crippen molar-refractivity contribution in [2.45, 2.75) is 17.6 Å². The topological polar surface area (TPSA) is 55.5 Å². The van der Waals surface area contributed by atoms with E-state index >= 15 is 0 Å². The molecule has 0 spiro atoms. The fourth-order valence-corrected chi connectivity index (χ4v) is 2.56. The number of anilines is 1. The van der Waals surface area contributed by atoms with Crippen molar-refractivity contribution in [3.63, 3.8) is 0 Å². The van der Waals surface area contributed by atoms with Crippen molar-refractivity contribution in [1.82, 2.24) is 0 Å². The van der Waals surface area contributed by atoms with E-state index in [4.69, 9.17) is 10.5 Å². The summed E-state index contributed by atoms with van der Waals surface area (Å²) in [7, 11) is 0. The van der Waals surface area contributed by atoms with Crippen LogP contribution in [-0.2, 0) is 11.3 Å². The summed E-state index contributed by atoms with van der Waals surface area (Å²) < 4.78 is 18.7. The van der Waals surface area contributed by atoms with Gasteiger partial charge in [0.2, 0.25) is 0 Å². The third-order valence-electron chi connectivity index (χ3n) is 2.84. The molecule has 0 saturated heterocycles. The molecule has 3 nitrogen and oxygen atoms in total. The van der Waals surface area contributed by atoms with E-state index in [-0.39, 0.29) is 12.3 Å². The van der Waals surface area contributed by atoms with Crippen LogP contribution in [0.1, 0.15) is 5.56 Å². The number of aliphatic hydroxyl groups is 1. The van der Waals surface area contributed by atoms with Gasteiger partial charge >= 0.3 is 0 Å². The Kier molecular flexibility index (Phi) is 6.04. The van der Waals surface area contributed by atoms with Crippen LogP contribution < -0.4 is 5.73 Å². The quantitative estimate of drug-likeness (QED) is 0.610. The van der Waals surface area contributed by atoms with E-state index in [1.807, 2.05) is 30.3 Å². The summed E-state index contributed by atoms with van der Waals surface area (Å²) in [6.45, 7) is 0.721.